The molecule has 2 saturated heterocycles. The van der Waals surface area contributed by atoms with Gasteiger partial charge < -0.3 is 5.32 Å². The molecule has 0 unspecified atom stereocenters. The summed E-state index contributed by atoms with van der Waals surface area (Å²) in [7, 11) is -3.91. The molecule has 1 N–H and O–H groups in total. The number of carbonyl (C=O) groups is 1. The van der Waals surface area contributed by atoms with E-state index in [1.54, 1.807) is 6.08 Å². The van der Waals surface area contributed by atoms with Gasteiger partial charge in [0.1, 0.15) is 6.04 Å². The number of piperidine rings is 1. The number of sulfonamides is 1. The number of carbonyl (C=O) groups excluding carboxylic acids is 1. The van der Waals surface area contributed by atoms with Crippen LogP contribution in [0.5, 0.6) is 0 Å². The van der Waals surface area contributed by atoms with Gasteiger partial charge in [0.2, 0.25) is 15.9 Å². The van der Waals surface area contributed by atoms with Crippen molar-refractivity contribution in [3.8, 4) is 0 Å². The van der Waals surface area contributed by atoms with E-state index < -0.39 is 16.1 Å². The number of fused-ring (bicyclic) bond motifs is 2. The molecule has 2 heterocycles. The lowest BCUT2D eigenvalue weighted by molar-refractivity contribution is -0.125. The van der Waals surface area contributed by atoms with E-state index in [1.165, 1.54) is 22.5 Å². The fourth-order valence-corrected chi connectivity index (χ4v) is 6.12. The maximum atomic E-state index is 13.3. The summed E-state index contributed by atoms with van der Waals surface area (Å²) < 4.78 is 27.9. The lowest BCUT2D eigenvalue weighted by Gasteiger charge is -2.40. The van der Waals surface area contributed by atoms with Crippen molar-refractivity contribution in [3.63, 3.8) is 0 Å². The van der Waals surface area contributed by atoms with Gasteiger partial charge >= 0.3 is 0 Å². The fraction of sp³-hybridized carbons (Fsp3) is 0.438. The number of hydrogen-bond acceptors (Lipinski definition) is 3. The van der Waals surface area contributed by atoms with E-state index in [4.69, 9.17) is 23.2 Å². The summed E-state index contributed by atoms with van der Waals surface area (Å²) in [5.41, 5.74) is 0. The highest BCUT2D eigenvalue weighted by Crippen LogP contribution is 2.36. The monoisotopic (exact) mass is 388 g/mol. The second-order valence-electron chi connectivity index (χ2n) is 6.10. The average molecular weight is 389 g/mol. The molecule has 1 aromatic carbocycles. The van der Waals surface area contributed by atoms with Crippen molar-refractivity contribution in [3.05, 3.63) is 40.9 Å². The predicted octanol–water partition coefficient (Wildman–Crippen LogP) is 2.84. The molecule has 2 bridgehead atoms. The second-order valence-corrected chi connectivity index (χ2v) is 8.81. The maximum Gasteiger partial charge on any atom is 0.244 e. The van der Waals surface area contributed by atoms with Crippen LogP contribution in [0.25, 0.3) is 0 Å². The third-order valence-electron chi connectivity index (χ3n) is 4.63. The van der Waals surface area contributed by atoms with E-state index in [-0.39, 0.29) is 32.8 Å². The molecule has 0 aliphatic carbocycles. The Kier molecular flexibility index (Phi) is 4.93. The highest BCUT2D eigenvalue weighted by Gasteiger charge is 2.47. The average Bonchev–Trinajstić information content (AvgIpc) is 2.61. The molecule has 2 fully saturated rings. The van der Waals surface area contributed by atoms with E-state index in [0.717, 1.165) is 6.42 Å². The molecule has 3 atom stereocenters. The zero-order valence-corrected chi connectivity index (χ0v) is 15.2. The van der Waals surface area contributed by atoms with Gasteiger partial charge in [-0.3, -0.25) is 4.79 Å². The van der Waals surface area contributed by atoms with Crippen LogP contribution in [0.1, 0.15) is 19.3 Å². The minimum Gasteiger partial charge on any atom is -0.354 e. The van der Waals surface area contributed by atoms with Gasteiger partial charge in [0.25, 0.3) is 0 Å². The molecule has 2 aliphatic heterocycles. The van der Waals surface area contributed by atoms with E-state index in [2.05, 4.69) is 11.9 Å². The Hall–Kier alpha value is -1.08. The smallest absolute Gasteiger partial charge is 0.244 e. The third-order valence-corrected chi connectivity index (χ3v) is 6.98. The van der Waals surface area contributed by atoms with Gasteiger partial charge in [0.05, 0.1) is 4.90 Å². The van der Waals surface area contributed by atoms with Gasteiger partial charge in [-0.25, -0.2) is 8.42 Å². The van der Waals surface area contributed by atoms with Gasteiger partial charge in [-0.05, 0) is 37.5 Å². The first-order valence-corrected chi connectivity index (χ1v) is 9.94. The summed E-state index contributed by atoms with van der Waals surface area (Å²) in [4.78, 5) is 12.4. The first-order chi connectivity index (χ1) is 11.3. The van der Waals surface area contributed by atoms with Crippen molar-refractivity contribution in [2.45, 2.75) is 36.2 Å². The first-order valence-electron chi connectivity index (χ1n) is 7.74. The fourth-order valence-electron chi connectivity index (χ4n) is 3.51. The van der Waals surface area contributed by atoms with Crippen LogP contribution in [0.2, 0.25) is 10.0 Å². The highest BCUT2D eigenvalue weighted by molar-refractivity contribution is 7.89. The van der Waals surface area contributed by atoms with Crippen LogP contribution in [0.3, 0.4) is 0 Å². The molecule has 0 aromatic heterocycles. The summed E-state index contributed by atoms with van der Waals surface area (Å²) in [5, 5.41) is 3.31. The summed E-state index contributed by atoms with van der Waals surface area (Å²) >= 11 is 11.9. The Labute approximate surface area is 151 Å². The molecule has 24 heavy (non-hydrogen) atoms. The zero-order chi connectivity index (χ0) is 17.5. The number of rotatable bonds is 3. The molecule has 1 amide bonds. The first kappa shape index (κ1) is 17.7. The normalized spacial score (nSPS) is 28.1. The van der Waals surface area contributed by atoms with Gasteiger partial charge in [-0.2, -0.15) is 4.31 Å². The van der Waals surface area contributed by atoms with Crippen LogP contribution in [-0.2, 0) is 14.8 Å². The molecule has 1 aromatic rings. The number of nitrogens with zero attached hydrogens (tertiary/aromatic N) is 1. The van der Waals surface area contributed by atoms with Crippen molar-refractivity contribution in [1.82, 2.24) is 9.62 Å². The number of halogens is 2. The van der Waals surface area contributed by atoms with Crippen molar-refractivity contribution in [2.24, 2.45) is 5.92 Å². The quantitative estimate of drug-likeness (QED) is 0.809. The van der Waals surface area contributed by atoms with Crippen LogP contribution in [0.15, 0.2) is 35.7 Å². The van der Waals surface area contributed by atoms with E-state index in [9.17, 15) is 13.2 Å². The van der Waals surface area contributed by atoms with E-state index in [1.807, 2.05) is 0 Å². The molecule has 0 radical (unpaired) electrons. The molecular formula is C16H18Cl2N2O3S. The Bertz CT molecular complexity index is 761. The molecule has 2 aliphatic rings. The van der Waals surface area contributed by atoms with Crippen LogP contribution >= 0.6 is 23.2 Å². The minimum absolute atomic E-state index is 0.00872. The van der Waals surface area contributed by atoms with Gasteiger partial charge in [-0.15, -0.1) is 6.58 Å². The van der Waals surface area contributed by atoms with Crippen molar-refractivity contribution >= 4 is 39.1 Å². The SMILES string of the molecule is C=C[C@@H]1CNC(=O)[C@@H]2CCC[C@H]1N2S(=O)(=O)c1cc(Cl)cc(Cl)c1. The zero-order valence-electron chi connectivity index (χ0n) is 12.9. The van der Waals surface area contributed by atoms with Crippen LogP contribution < -0.4 is 5.32 Å². The molecule has 3 rings (SSSR count). The van der Waals surface area contributed by atoms with Crippen LogP contribution in [0, 0.1) is 5.92 Å². The third kappa shape index (κ3) is 3.08. The highest BCUT2D eigenvalue weighted by atomic mass is 35.5. The molecule has 0 spiro atoms. The van der Waals surface area contributed by atoms with Crippen LogP contribution in [-0.4, -0.2) is 37.3 Å². The van der Waals surface area contributed by atoms with Gasteiger partial charge in [0, 0.05) is 28.5 Å². The number of nitrogens with one attached hydrogen (secondary N) is 1. The predicted molar refractivity (Wildman–Crippen MR) is 93.6 cm³/mol. The molecule has 8 heteroatoms. The molecule has 0 saturated carbocycles. The summed E-state index contributed by atoms with van der Waals surface area (Å²) in [6.07, 6.45) is 3.71. The Balaban J connectivity index is 2.12. The summed E-state index contributed by atoms with van der Waals surface area (Å²) in [5.74, 6) is -0.399. The lowest BCUT2D eigenvalue weighted by atomic mass is 9.90. The van der Waals surface area contributed by atoms with Crippen molar-refractivity contribution in [1.29, 1.82) is 0 Å². The Morgan fingerprint density at radius 3 is 2.50 bits per heavy atom. The lowest BCUT2D eigenvalue weighted by Crippen LogP contribution is -2.54. The maximum absolute atomic E-state index is 13.3. The second kappa shape index (κ2) is 6.67. The summed E-state index contributed by atoms with van der Waals surface area (Å²) in [6.45, 7) is 4.20. The van der Waals surface area contributed by atoms with Gasteiger partial charge in [-0.1, -0.05) is 29.3 Å². The van der Waals surface area contributed by atoms with Crippen LogP contribution in [0.4, 0.5) is 0 Å². The number of benzene rings is 1. The van der Waals surface area contributed by atoms with Gasteiger partial charge in [0.15, 0.2) is 0 Å². The molecule has 130 valence electrons. The van der Waals surface area contributed by atoms with E-state index >= 15 is 0 Å². The van der Waals surface area contributed by atoms with E-state index in [0.29, 0.717) is 19.4 Å². The topological polar surface area (TPSA) is 66.5 Å². The Morgan fingerprint density at radius 2 is 1.88 bits per heavy atom. The van der Waals surface area contributed by atoms with Crippen molar-refractivity contribution in [2.75, 3.05) is 6.54 Å². The Morgan fingerprint density at radius 1 is 1.21 bits per heavy atom. The largest absolute Gasteiger partial charge is 0.354 e. The van der Waals surface area contributed by atoms with Crippen molar-refractivity contribution < 1.29 is 13.2 Å². The minimum atomic E-state index is -3.91. The summed E-state index contributed by atoms with van der Waals surface area (Å²) in [6, 6.07) is 3.19. The molecule has 5 nitrogen and oxygen atoms in total. The number of amides is 1. The standard InChI is InChI=1S/C16H18Cl2N2O3S/c1-2-10-9-19-16(21)15-5-3-4-14(10)20(15)24(22,23)13-7-11(17)6-12(18)8-13/h2,6-8,10,14-15H,1,3-5,9H2,(H,19,21)/t10-,14-,15+/m1/s1. The number of hydrogen-bond donors (Lipinski definition) is 1. The molecular weight excluding hydrogens is 371 g/mol.